The lowest BCUT2D eigenvalue weighted by Gasteiger charge is -2.31. The third kappa shape index (κ3) is 20.1. The number of H-pyrrole nitrogens is 1. The smallest absolute Gasteiger partial charge is 0.326 e. The Hall–Kier alpha value is -7.43. The van der Waals surface area contributed by atoms with Crippen molar-refractivity contribution in [1.29, 1.82) is 0 Å². The van der Waals surface area contributed by atoms with Gasteiger partial charge in [0.05, 0.1) is 30.8 Å². The highest BCUT2D eigenvalue weighted by Crippen LogP contribution is 2.20. The number of fused-ring (bicyclic) bond motifs is 1. The van der Waals surface area contributed by atoms with Crippen LogP contribution in [0, 0.1) is 11.8 Å². The van der Waals surface area contributed by atoms with Gasteiger partial charge in [-0.15, -0.1) is 0 Å². The molecule has 1 aromatic heterocycles. The Morgan fingerprint density at radius 2 is 1.03 bits per heavy atom. The number of hydrogen-bond acceptors (Lipinski definition) is 15. The van der Waals surface area contributed by atoms with Gasteiger partial charge in [0.25, 0.3) is 0 Å². The number of aliphatic imine (C=N–C) groups is 1. The van der Waals surface area contributed by atoms with E-state index in [-0.39, 0.29) is 38.2 Å². The van der Waals surface area contributed by atoms with Gasteiger partial charge in [0.15, 0.2) is 5.96 Å². The first-order valence-corrected chi connectivity index (χ1v) is 24.3. The zero-order chi connectivity index (χ0) is 57.0. The fraction of sp³-hybridized carbons (Fsp3) is 0.596. The van der Waals surface area contributed by atoms with E-state index >= 15 is 0 Å². The molecule has 28 heteroatoms. The number of hydrogen-bond donors (Lipinski definition) is 17. The van der Waals surface area contributed by atoms with Crippen LogP contribution in [0.1, 0.15) is 86.6 Å². The standard InChI is InChI=1S/C47H76N14O14/c1-9-21(4)34(58-39(67)29(15-12-16-52-47(50)51)54-40(68)30(18-32(49)65)55-43(71)35(23(6)62)59-38(66)22(5)48)42(70)61-37(25(8)64)45(73)57-33(20(2)3)41(69)60-36(24(7)63)44(72)56-31(46(74)75)17-26-19-53-28-14-11-10-13-27(26)28/h10-11,13-14,19-25,29-31,33-37,53,62-64H,9,12,15-18,48H2,1-8H3,(H2,49,65)(H,54,68)(H,55,71)(H,56,72)(H,57,73)(H,58,67)(H,59,66)(H,60,69)(H,61,70)(H,74,75)(H4,50,51,52)/t21-,22-,23+,24+,25+,29-,30-,31-,33-,34-,35-,36-,37-/m0/s1. The van der Waals surface area contributed by atoms with Crippen molar-refractivity contribution in [2.45, 2.75) is 160 Å². The molecule has 1 heterocycles. The van der Waals surface area contributed by atoms with Crippen molar-refractivity contribution in [1.82, 2.24) is 47.5 Å². The van der Waals surface area contributed by atoms with Gasteiger partial charge in [-0.3, -0.25) is 48.1 Å². The lowest BCUT2D eigenvalue weighted by molar-refractivity contribution is -0.143. The average Bonchev–Trinajstić information content (AvgIpc) is 3.73. The molecule has 0 saturated carbocycles. The van der Waals surface area contributed by atoms with Crippen LogP contribution in [0.15, 0.2) is 35.5 Å². The predicted octanol–water partition coefficient (Wildman–Crippen LogP) is -5.21. The third-order valence-corrected chi connectivity index (χ3v) is 12.0. The van der Waals surface area contributed by atoms with Crippen molar-refractivity contribution in [2.24, 2.45) is 39.8 Å². The lowest BCUT2D eigenvalue weighted by atomic mass is 9.96. The molecule has 75 heavy (non-hydrogen) atoms. The molecule has 418 valence electrons. The maximum atomic E-state index is 14.1. The number of carbonyl (C=O) groups excluding carboxylic acids is 9. The summed E-state index contributed by atoms with van der Waals surface area (Å²) in [6, 6.07) is -6.90. The van der Waals surface area contributed by atoms with E-state index in [1.54, 1.807) is 44.3 Å². The maximum Gasteiger partial charge on any atom is 0.326 e. The van der Waals surface area contributed by atoms with Crippen molar-refractivity contribution in [3.63, 3.8) is 0 Å². The van der Waals surface area contributed by atoms with Crippen LogP contribution in [-0.4, -0.2) is 170 Å². The first-order valence-electron chi connectivity index (χ1n) is 24.3. The molecule has 0 radical (unpaired) electrons. The third-order valence-electron chi connectivity index (χ3n) is 12.0. The highest BCUT2D eigenvalue weighted by Gasteiger charge is 2.39. The van der Waals surface area contributed by atoms with Crippen LogP contribution in [0.5, 0.6) is 0 Å². The molecule has 28 nitrogen and oxygen atoms in total. The van der Waals surface area contributed by atoms with Gasteiger partial charge in [-0.1, -0.05) is 52.3 Å². The van der Waals surface area contributed by atoms with E-state index in [0.717, 1.165) is 17.8 Å². The fourth-order valence-electron chi connectivity index (χ4n) is 7.42. The molecular weight excluding hydrogens is 985 g/mol. The summed E-state index contributed by atoms with van der Waals surface area (Å²) in [5.41, 5.74) is 23.2. The Balaban J connectivity index is 2.36. The number of aromatic amines is 1. The number of aliphatic carboxylic acids is 1. The summed E-state index contributed by atoms with van der Waals surface area (Å²) in [5, 5.41) is 61.5. The second kappa shape index (κ2) is 30.1. The van der Waals surface area contributed by atoms with Gasteiger partial charge in [-0.25, -0.2) is 4.79 Å². The van der Waals surface area contributed by atoms with Gasteiger partial charge in [-0.2, -0.15) is 0 Å². The minimum Gasteiger partial charge on any atom is -0.480 e. The van der Waals surface area contributed by atoms with Crippen LogP contribution < -0.4 is 65.5 Å². The summed E-state index contributed by atoms with van der Waals surface area (Å²) >= 11 is 0. The molecule has 0 unspecified atom stereocenters. The largest absolute Gasteiger partial charge is 0.480 e. The van der Waals surface area contributed by atoms with Crippen molar-refractivity contribution >= 4 is 76.0 Å². The molecule has 0 aliphatic carbocycles. The quantitative estimate of drug-likeness (QED) is 0.0191. The van der Waals surface area contributed by atoms with Crippen LogP contribution in [0.3, 0.4) is 0 Å². The Bertz CT molecular complexity index is 2350. The average molecular weight is 1060 g/mol. The van der Waals surface area contributed by atoms with Crippen LogP contribution in [-0.2, 0) is 54.4 Å². The Morgan fingerprint density at radius 1 is 0.587 bits per heavy atom. The van der Waals surface area contributed by atoms with E-state index in [2.05, 4.69) is 52.5 Å². The number of rotatable bonds is 31. The summed E-state index contributed by atoms with van der Waals surface area (Å²) in [6.07, 6.45) is -4.02. The zero-order valence-electron chi connectivity index (χ0n) is 43.3. The van der Waals surface area contributed by atoms with Gasteiger partial charge in [-0.05, 0) is 64.0 Å². The number of benzene rings is 1. The molecule has 21 N–H and O–H groups in total. The first-order chi connectivity index (χ1) is 35.0. The summed E-state index contributed by atoms with van der Waals surface area (Å²) in [5.74, 6) is -12.4. The predicted molar refractivity (Wildman–Crippen MR) is 272 cm³/mol. The highest BCUT2D eigenvalue weighted by molar-refractivity contribution is 5.99. The number of nitrogens with one attached hydrogen (secondary N) is 9. The van der Waals surface area contributed by atoms with Crippen LogP contribution in [0.25, 0.3) is 10.9 Å². The molecule has 1 aromatic carbocycles. The number of amides is 9. The second-order valence-corrected chi connectivity index (χ2v) is 18.8. The van der Waals surface area contributed by atoms with E-state index < -0.39 is 150 Å². The molecule has 0 fully saturated rings. The van der Waals surface area contributed by atoms with E-state index in [9.17, 15) is 68.4 Å². The number of carboxylic acids is 1. The Kier molecular flexibility index (Phi) is 25.5. The van der Waals surface area contributed by atoms with Crippen molar-refractivity contribution < 1.29 is 68.4 Å². The fourth-order valence-corrected chi connectivity index (χ4v) is 7.42. The SMILES string of the molecule is CC[C@H](C)[C@H](NC(=O)[C@H](CCCN=C(N)N)NC(=O)[C@H](CC(N)=O)NC(=O)[C@@H](NC(=O)[C@H](C)N)[C@@H](C)O)C(=O)N[C@H](C(=O)N[C@H](C(=O)N[C@H](C(=O)N[C@@H](Cc1c[nH]c2ccccc12)C(=O)O)[C@@H](C)O)C(C)C)[C@@H](C)O. The molecule has 0 aliphatic rings. The molecule has 2 rings (SSSR count). The molecule has 0 aliphatic heterocycles. The number of carbonyl (C=O) groups is 10. The first kappa shape index (κ1) is 63.7. The number of primary amides is 1. The number of aromatic nitrogens is 1. The molecule has 0 saturated heterocycles. The normalized spacial score (nSPS) is 16.5. The number of para-hydroxylation sites is 1. The monoisotopic (exact) mass is 1060 g/mol. The second-order valence-electron chi connectivity index (χ2n) is 18.8. The number of nitrogens with two attached hydrogens (primary N) is 4. The molecular formula is C47H76N14O14. The molecule has 13 atom stereocenters. The summed E-state index contributed by atoms with van der Waals surface area (Å²) < 4.78 is 0. The van der Waals surface area contributed by atoms with Gasteiger partial charge < -0.3 is 90.9 Å². The lowest BCUT2D eigenvalue weighted by Crippen LogP contribution is -2.64. The van der Waals surface area contributed by atoms with E-state index in [1.807, 2.05) is 0 Å². The van der Waals surface area contributed by atoms with E-state index in [0.29, 0.717) is 5.56 Å². The van der Waals surface area contributed by atoms with Crippen molar-refractivity contribution in [2.75, 3.05) is 6.54 Å². The topological polar surface area (TPSA) is 480 Å². The summed E-state index contributed by atoms with van der Waals surface area (Å²) in [6.45, 7) is 11.1. The number of guanidine groups is 1. The van der Waals surface area contributed by atoms with Gasteiger partial charge in [0.1, 0.15) is 48.3 Å². The van der Waals surface area contributed by atoms with Crippen LogP contribution in [0.2, 0.25) is 0 Å². The Labute approximate surface area is 433 Å². The van der Waals surface area contributed by atoms with Gasteiger partial charge in [0, 0.05) is 30.1 Å². The summed E-state index contributed by atoms with van der Waals surface area (Å²) in [4.78, 5) is 140. The van der Waals surface area contributed by atoms with E-state index in [1.165, 1.54) is 34.6 Å². The minimum absolute atomic E-state index is 0.0425. The minimum atomic E-state index is -1.79. The Morgan fingerprint density at radius 3 is 1.51 bits per heavy atom. The van der Waals surface area contributed by atoms with E-state index in [4.69, 9.17) is 22.9 Å². The zero-order valence-corrected chi connectivity index (χ0v) is 43.3. The van der Waals surface area contributed by atoms with Crippen LogP contribution >= 0.6 is 0 Å². The molecule has 0 spiro atoms. The maximum absolute atomic E-state index is 14.1. The van der Waals surface area contributed by atoms with Crippen molar-refractivity contribution in [3.05, 3.63) is 36.0 Å². The van der Waals surface area contributed by atoms with Gasteiger partial charge in [0.2, 0.25) is 53.2 Å². The highest BCUT2D eigenvalue weighted by atomic mass is 16.4. The summed E-state index contributed by atoms with van der Waals surface area (Å²) in [7, 11) is 0. The van der Waals surface area contributed by atoms with Crippen molar-refractivity contribution in [3.8, 4) is 0 Å². The number of aliphatic hydroxyl groups excluding tert-OH is 3. The van der Waals surface area contributed by atoms with Crippen LogP contribution in [0.4, 0.5) is 0 Å². The molecule has 9 amide bonds. The number of nitrogens with zero attached hydrogens (tertiary/aromatic N) is 1. The number of aliphatic hydroxyl groups is 3. The van der Waals surface area contributed by atoms with Gasteiger partial charge >= 0.3 is 5.97 Å². The molecule has 0 bridgehead atoms. The number of carboxylic acid groups (broad SMARTS) is 1. The molecule has 2 aromatic rings.